The number of amides is 1. The van der Waals surface area contributed by atoms with E-state index in [4.69, 9.17) is 9.47 Å². The van der Waals surface area contributed by atoms with Crippen LogP contribution in [0.3, 0.4) is 0 Å². The van der Waals surface area contributed by atoms with Crippen molar-refractivity contribution in [3.05, 3.63) is 83.6 Å². The Kier molecular flexibility index (Phi) is 6.96. The largest absolute Gasteiger partial charge is 0.460 e. The third-order valence-corrected chi connectivity index (χ3v) is 5.66. The molecule has 176 valence electrons. The number of rotatable bonds is 7. The molecule has 0 spiro atoms. The smallest absolute Gasteiger partial charge is 0.412 e. The van der Waals surface area contributed by atoms with Crippen LogP contribution in [0.15, 0.2) is 66.9 Å². The molecule has 0 bridgehead atoms. The van der Waals surface area contributed by atoms with Gasteiger partial charge in [0.15, 0.2) is 0 Å². The number of carbonyl (C=O) groups is 2. The number of anilines is 1. The highest BCUT2D eigenvalue weighted by Crippen LogP contribution is 2.44. The van der Waals surface area contributed by atoms with Crippen molar-refractivity contribution in [2.45, 2.75) is 51.6 Å². The summed E-state index contributed by atoms with van der Waals surface area (Å²) in [5.41, 5.74) is 5.21. The molecule has 6 nitrogen and oxygen atoms in total. The first kappa shape index (κ1) is 23.5. The number of nitrogens with zero attached hydrogens (tertiary/aromatic N) is 1. The predicted molar refractivity (Wildman–Crippen MR) is 132 cm³/mol. The van der Waals surface area contributed by atoms with Crippen LogP contribution in [0.1, 0.15) is 56.2 Å². The van der Waals surface area contributed by atoms with Gasteiger partial charge in [-0.3, -0.25) is 10.1 Å². The lowest BCUT2D eigenvalue weighted by atomic mass is 9.98. The van der Waals surface area contributed by atoms with Crippen molar-refractivity contribution >= 4 is 17.9 Å². The van der Waals surface area contributed by atoms with Crippen molar-refractivity contribution in [3.63, 3.8) is 0 Å². The molecule has 1 aromatic heterocycles. The highest BCUT2D eigenvalue weighted by atomic mass is 16.6. The average molecular weight is 459 g/mol. The molecule has 0 radical (unpaired) electrons. The Labute approximate surface area is 200 Å². The molecule has 1 amide bonds. The molecule has 1 heterocycles. The summed E-state index contributed by atoms with van der Waals surface area (Å²) in [6.45, 7) is 5.81. The Morgan fingerprint density at radius 2 is 1.62 bits per heavy atom. The molecule has 0 aliphatic heterocycles. The molecule has 0 saturated heterocycles. The van der Waals surface area contributed by atoms with Gasteiger partial charge < -0.3 is 9.47 Å². The van der Waals surface area contributed by atoms with Crippen LogP contribution in [-0.2, 0) is 20.7 Å². The fourth-order valence-electron chi connectivity index (χ4n) is 4.27. The van der Waals surface area contributed by atoms with Gasteiger partial charge in [-0.05, 0) is 73.6 Å². The van der Waals surface area contributed by atoms with Crippen LogP contribution in [0.4, 0.5) is 10.6 Å². The second-order valence-electron chi connectivity index (χ2n) is 9.44. The minimum Gasteiger partial charge on any atom is -0.460 e. The van der Waals surface area contributed by atoms with Crippen molar-refractivity contribution in [1.82, 2.24) is 4.98 Å². The number of ether oxygens (including phenoxy) is 2. The summed E-state index contributed by atoms with van der Waals surface area (Å²) in [7, 11) is 0. The van der Waals surface area contributed by atoms with Gasteiger partial charge in [-0.1, -0.05) is 48.5 Å². The van der Waals surface area contributed by atoms with E-state index in [1.165, 1.54) is 22.3 Å². The maximum atomic E-state index is 12.5. The molecule has 6 heteroatoms. The van der Waals surface area contributed by atoms with Crippen LogP contribution in [-0.4, -0.2) is 29.3 Å². The van der Waals surface area contributed by atoms with Crippen molar-refractivity contribution in [1.29, 1.82) is 0 Å². The van der Waals surface area contributed by atoms with E-state index >= 15 is 0 Å². The van der Waals surface area contributed by atoms with Crippen LogP contribution in [0.2, 0.25) is 0 Å². The third-order valence-electron chi connectivity index (χ3n) is 5.66. The normalized spacial score (nSPS) is 12.6. The zero-order chi connectivity index (χ0) is 24.1. The van der Waals surface area contributed by atoms with Gasteiger partial charge in [0.05, 0.1) is 0 Å². The van der Waals surface area contributed by atoms with E-state index in [9.17, 15) is 9.59 Å². The van der Waals surface area contributed by atoms with E-state index < -0.39 is 11.7 Å². The number of carbonyl (C=O) groups excluding carboxylic acids is 2. The number of fused-ring (bicyclic) bond motifs is 3. The van der Waals surface area contributed by atoms with Crippen LogP contribution in [0, 0.1) is 0 Å². The molecule has 0 saturated carbocycles. The number of aromatic nitrogens is 1. The molecule has 1 aliphatic carbocycles. The quantitative estimate of drug-likeness (QED) is 0.433. The monoisotopic (exact) mass is 458 g/mol. The summed E-state index contributed by atoms with van der Waals surface area (Å²) in [6.07, 6.45) is 2.78. The summed E-state index contributed by atoms with van der Waals surface area (Å²) in [6, 6.07) is 20.1. The van der Waals surface area contributed by atoms with Crippen molar-refractivity contribution in [2.24, 2.45) is 0 Å². The van der Waals surface area contributed by atoms with E-state index in [2.05, 4.69) is 34.6 Å². The maximum absolute atomic E-state index is 12.5. The highest BCUT2D eigenvalue weighted by Gasteiger charge is 2.29. The minimum absolute atomic E-state index is 0.00491. The molecule has 1 N–H and O–H groups in total. The van der Waals surface area contributed by atoms with E-state index in [1.54, 1.807) is 12.3 Å². The van der Waals surface area contributed by atoms with E-state index in [0.29, 0.717) is 25.1 Å². The van der Waals surface area contributed by atoms with Crippen LogP contribution in [0.25, 0.3) is 11.1 Å². The summed E-state index contributed by atoms with van der Waals surface area (Å²) in [5.74, 6) is 0.218. The zero-order valence-corrected chi connectivity index (χ0v) is 19.8. The Balaban J connectivity index is 1.31. The van der Waals surface area contributed by atoms with E-state index in [-0.39, 0.29) is 18.5 Å². The molecule has 0 unspecified atom stereocenters. The van der Waals surface area contributed by atoms with E-state index in [1.807, 2.05) is 51.1 Å². The molecule has 4 rings (SSSR count). The number of hydrogen-bond donors (Lipinski definition) is 1. The Hall–Kier alpha value is -3.67. The van der Waals surface area contributed by atoms with Gasteiger partial charge >= 0.3 is 12.1 Å². The molecular weight excluding hydrogens is 428 g/mol. The van der Waals surface area contributed by atoms with Crippen molar-refractivity contribution in [3.8, 4) is 11.1 Å². The summed E-state index contributed by atoms with van der Waals surface area (Å²) in [5, 5.41) is 2.72. The molecule has 3 aromatic rings. The minimum atomic E-state index is -0.541. The molecule has 1 aliphatic rings. The molecular formula is C28H30N2O4. The highest BCUT2D eigenvalue weighted by molar-refractivity contribution is 5.84. The molecule has 0 atom stereocenters. The summed E-state index contributed by atoms with van der Waals surface area (Å²) < 4.78 is 10.9. The van der Waals surface area contributed by atoms with Gasteiger partial charge in [0.1, 0.15) is 18.0 Å². The second-order valence-corrected chi connectivity index (χ2v) is 9.44. The fourth-order valence-corrected chi connectivity index (χ4v) is 4.27. The van der Waals surface area contributed by atoms with E-state index in [0.717, 1.165) is 5.56 Å². The number of pyridine rings is 1. The Bertz CT molecular complexity index is 1140. The van der Waals surface area contributed by atoms with Gasteiger partial charge in [-0.15, -0.1) is 0 Å². The zero-order valence-electron chi connectivity index (χ0n) is 19.8. The number of benzene rings is 2. The predicted octanol–water partition coefficient (Wildman–Crippen LogP) is 6.11. The van der Waals surface area contributed by atoms with Crippen molar-refractivity contribution in [2.75, 3.05) is 11.9 Å². The fraction of sp³-hybridized carbons (Fsp3) is 0.321. The Morgan fingerprint density at radius 1 is 0.971 bits per heavy atom. The molecule has 34 heavy (non-hydrogen) atoms. The molecule has 0 fully saturated rings. The van der Waals surface area contributed by atoms with Gasteiger partial charge in [0.25, 0.3) is 0 Å². The van der Waals surface area contributed by atoms with Gasteiger partial charge in [-0.2, -0.15) is 0 Å². The standard InChI is InChI=1S/C28H30N2O4/c1-28(2,3)34-26(31)14-8-9-19-15-16-29-25(17-19)30-27(32)33-18-24-22-12-6-4-10-20(22)21-11-5-7-13-23(21)24/h4-7,10-13,15-17,24H,8-9,14,18H2,1-3H3,(H,29,30,32). The Morgan fingerprint density at radius 3 is 2.26 bits per heavy atom. The van der Waals surface area contributed by atoms with Crippen LogP contribution in [0.5, 0.6) is 0 Å². The number of nitrogens with one attached hydrogen (secondary N) is 1. The number of hydrogen-bond acceptors (Lipinski definition) is 5. The average Bonchev–Trinajstić information content (AvgIpc) is 3.10. The lowest BCUT2D eigenvalue weighted by molar-refractivity contribution is -0.154. The lowest BCUT2D eigenvalue weighted by Crippen LogP contribution is -2.23. The maximum Gasteiger partial charge on any atom is 0.412 e. The first-order valence-corrected chi connectivity index (χ1v) is 11.6. The number of esters is 1. The summed E-state index contributed by atoms with van der Waals surface area (Å²) >= 11 is 0. The topological polar surface area (TPSA) is 77.5 Å². The van der Waals surface area contributed by atoms with Crippen LogP contribution < -0.4 is 5.32 Å². The second kappa shape index (κ2) is 10.1. The summed E-state index contributed by atoms with van der Waals surface area (Å²) in [4.78, 5) is 28.6. The third kappa shape index (κ3) is 5.81. The first-order valence-electron chi connectivity index (χ1n) is 11.6. The SMILES string of the molecule is CC(C)(C)OC(=O)CCCc1ccnc(NC(=O)OCC2c3ccccc3-c3ccccc32)c1. The van der Waals surface area contributed by atoms with Crippen LogP contribution >= 0.6 is 0 Å². The van der Waals surface area contributed by atoms with Gasteiger partial charge in [0.2, 0.25) is 0 Å². The molecule has 2 aromatic carbocycles. The first-order chi connectivity index (χ1) is 16.3. The lowest BCUT2D eigenvalue weighted by Gasteiger charge is -2.19. The van der Waals surface area contributed by atoms with Gasteiger partial charge in [-0.25, -0.2) is 9.78 Å². The number of aryl methyl sites for hydroxylation is 1. The van der Waals surface area contributed by atoms with Crippen molar-refractivity contribution < 1.29 is 19.1 Å². The van der Waals surface area contributed by atoms with Gasteiger partial charge in [0, 0.05) is 18.5 Å².